The van der Waals surface area contributed by atoms with Crippen LogP contribution in [0.25, 0.3) is 6.08 Å². The van der Waals surface area contributed by atoms with Crippen molar-refractivity contribution in [3.8, 4) is 23.0 Å². The Kier molecular flexibility index (Phi) is 8.27. The van der Waals surface area contributed by atoms with Crippen molar-refractivity contribution in [1.82, 2.24) is 4.57 Å². The minimum Gasteiger partial charge on any atom is -0.493 e. The first kappa shape index (κ1) is 27.5. The number of hydrogen-bond acceptors (Lipinski definition) is 9. The lowest BCUT2D eigenvalue weighted by Gasteiger charge is -2.25. The molecular formula is C27H27BrN2O7S. The molecule has 1 atom stereocenters. The highest BCUT2D eigenvalue weighted by atomic mass is 79.9. The molecule has 11 heteroatoms. The minimum absolute atomic E-state index is 0.187. The van der Waals surface area contributed by atoms with E-state index in [1.54, 1.807) is 65.5 Å². The van der Waals surface area contributed by atoms with E-state index in [0.29, 0.717) is 48.1 Å². The van der Waals surface area contributed by atoms with Crippen LogP contribution in [0.2, 0.25) is 0 Å². The predicted molar refractivity (Wildman–Crippen MR) is 147 cm³/mol. The monoisotopic (exact) mass is 602 g/mol. The van der Waals surface area contributed by atoms with Gasteiger partial charge in [-0.25, -0.2) is 9.79 Å². The van der Waals surface area contributed by atoms with Gasteiger partial charge in [-0.2, -0.15) is 0 Å². The number of nitrogens with zero attached hydrogens (tertiary/aromatic N) is 2. The number of methoxy groups -OCH3 is 4. The Balaban J connectivity index is 1.96. The number of hydrogen-bond donors (Lipinski definition) is 0. The molecule has 2 heterocycles. The first-order chi connectivity index (χ1) is 18.3. The van der Waals surface area contributed by atoms with Crippen molar-refractivity contribution < 1.29 is 28.5 Å². The molecular weight excluding hydrogens is 576 g/mol. The third-order valence-electron chi connectivity index (χ3n) is 5.99. The molecule has 0 radical (unpaired) electrons. The molecule has 1 aliphatic rings. The van der Waals surface area contributed by atoms with Gasteiger partial charge in [-0.3, -0.25) is 9.36 Å². The van der Waals surface area contributed by atoms with E-state index in [2.05, 4.69) is 20.9 Å². The summed E-state index contributed by atoms with van der Waals surface area (Å²) >= 11 is 4.73. The van der Waals surface area contributed by atoms with Gasteiger partial charge in [0, 0.05) is 0 Å². The van der Waals surface area contributed by atoms with E-state index in [9.17, 15) is 9.59 Å². The Bertz CT molecular complexity index is 1610. The summed E-state index contributed by atoms with van der Waals surface area (Å²) in [5.74, 6) is 1.53. The molecule has 0 N–H and O–H groups in total. The summed E-state index contributed by atoms with van der Waals surface area (Å²) < 4.78 is 29.7. The van der Waals surface area contributed by atoms with E-state index in [4.69, 9.17) is 23.7 Å². The number of esters is 1. The molecule has 0 fully saturated rings. The number of halogens is 1. The van der Waals surface area contributed by atoms with Crippen LogP contribution >= 0.6 is 27.3 Å². The van der Waals surface area contributed by atoms with Crippen LogP contribution in [-0.2, 0) is 9.53 Å². The fourth-order valence-corrected chi connectivity index (χ4v) is 5.97. The Morgan fingerprint density at radius 3 is 2.39 bits per heavy atom. The minimum atomic E-state index is -0.774. The second-order valence-corrected chi connectivity index (χ2v) is 10.0. The second-order valence-electron chi connectivity index (χ2n) is 8.15. The third-order valence-corrected chi connectivity index (χ3v) is 7.57. The summed E-state index contributed by atoms with van der Waals surface area (Å²) in [5, 5.41) is 0. The largest absolute Gasteiger partial charge is 0.493 e. The first-order valence-corrected chi connectivity index (χ1v) is 13.2. The zero-order chi connectivity index (χ0) is 27.6. The fourth-order valence-electron chi connectivity index (χ4n) is 4.30. The van der Waals surface area contributed by atoms with Crippen LogP contribution in [0.4, 0.5) is 0 Å². The van der Waals surface area contributed by atoms with Gasteiger partial charge in [-0.05, 0) is 71.2 Å². The van der Waals surface area contributed by atoms with Crippen LogP contribution in [0, 0.1) is 0 Å². The normalized spacial score (nSPS) is 15.0. The van der Waals surface area contributed by atoms with Gasteiger partial charge in [0.15, 0.2) is 27.8 Å². The van der Waals surface area contributed by atoms with Crippen LogP contribution in [0.1, 0.15) is 31.0 Å². The van der Waals surface area contributed by atoms with Crippen molar-refractivity contribution in [2.24, 2.45) is 4.99 Å². The lowest BCUT2D eigenvalue weighted by Crippen LogP contribution is -2.40. The maximum absolute atomic E-state index is 13.9. The molecule has 4 rings (SSSR count). The van der Waals surface area contributed by atoms with Gasteiger partial charge in [-0.15, -0.1) is 0 Å². The molecule has 9 nitrogen and oxygen atoms in total. The molecule has 3 aromatic rings. The molecule has 0 saturated carbocycles. The Labute approximate surface area is 231 Å². The summed E-state index contributed by atoms with van der Waals surface area (Å²) in [6.45, 7) is 3.66. The number of ether oxygens (including phenoxy) is 5. The number of carbonyl (C=O) groups is 1. The molecule has 1 aromatic heterocycles. The number of allylic oxidation sites excluding steroid dienone is 1. The van der Waals surface area contributed by atoms with Crippen molar-refractivity contribution >= 4 is 39.3 Å². The van der Waals surface area contributed by atoms with Crippen molar-refractivity contribution in [2.45, 2.75) is 19.9 Å². The van der Waals surface area contributed by atoms with Gasteiger partial charge in [0.05, 0.1) is 61.4 Å². The molecule has 0 unspecified atom stereocenters. The van der Waals surface area contributed by atoms with Gasteiger partial charge in [0.1, 0.15) is 0 Å². The van der Waals surface area contributed by atoms with Gasteiger partial charge in [0.2, 0.25) is 0 Å². The zero-order valence-corrected chi connectivity index (χ0v) is 24.2. The Hall–Kier alpha value is -3.57. The van der Waals surface area contributed by atoms with E-state index < -0.39 is 12.0 Å². The van der Waals surface area contributed by atoms with E-state index in [1.807, 2.05) is 6.07 Å². The highest BCUT2D eigenvalue weighted by molar-refractivity contribution is 9.10. The highest BCUT2D eigenvalue weighted by Gasteiger charge is 2.34. The number of rotatable bonds is 8. The average molecular weight is 603 g/mol. The van der Waals surface area contributed by atoms with Gasteiger partial charge in [-0.1, -0.05) is 17.4 Å². The summed E-state index contributed by atoms with van der Waals surface area (Å²) in [4.78, 5) is 32.0. The summed E-state index contributed by atoms with van der Waals surface area (Å²) in [6.07, 6.45) is 1.76. The summed E-state index contributed by atoms with van der Waals surface area (Å²) in [6, 6.07) is 8.13. The van der Waals surface area contributed by atoms with Gasteiger partial charge >= 0.3 is 5.97 Å². The number of fused-ring (bicyclic) bond motifs is 1. The molecule has 38 heavy (non-hydrogen) atoms. The van der Waals surface area contributed by atoms with Crippen LogP contribution < -0.4 is 33.8 Å². The standard InChI is InChI=1S/C27H27BrN2O7S/c1-7-37-26(32)22-14(2)29-27-30(23(22)16-8-9-18(33-3)19(13-16)34-4)25(31)21(38-27)12-15-10-17(28)24(36-6)20(11-15)35-5/h8-13,23H,7H2,1-6H3/t23-/m1/s1. The third kappa shape index (κ3) is 4.95. The average Bonchev–Trinajstić information content (AvgIpc) is 3.21. The summed E-state index contributed by atoms with van der Waals surface area (Å²) in [7, 11) is 6.17. The topological polar surface area (TPSA) is 97.6 Å². The molecule has 2 aromatic carbocycles. The quantitative estimate of drug-likeness (QED) is 0.363. The van der Waals surface area contributed by atoms with Crippen molar-refractivity contribution in [1.29, 1.82) is 0 Å². The predicted octanol–water partition coefficient (Wildman–Crippen LogP) is 3.60. The van der Waals surface area contributed by atoms with E-state index >= 15 is 0 Å². The van der Waals surface area contributed by atoms with Crippen molar-refractivity contribution in [3.05, 3.63) is 76.9 Å². The zero-order valence-electron chi connectivity index (χ0n) is 21.8. The molecule has 0 aliphatic carbocycles. The van der Waals surface area contributed by atoms with Crippen LogP contribution in [0.3, 0.4) is 0 Å². The van der Waals surface area contributed by atoms with Crippen molar-refractivity contribution in [3.63, 3.8) is 0 Å². The van der Waals surface area contributed by atoms with Crippen LogP contribution in [-0.4, -0.2) is 45.6 Å². The SMILES string of the molecule is CCOC(=O)C1=C(C)N=c2sc(=Cc3cc(Br)c(OC)c(OC)c3)c(=O)n2[C@@H]1c1ccc(OC)c(OC)c1. The van der Waals surface area contributed by atoms with E-state index in [-0.39, 0.29) is 17.7 Å². The number of carbonyl (C=O) groups excluding carboxylic acids is 1. The molecule has 200 valence electrons. The van der Waals surface area contributed by atoms with E-state index in [1.165, 1.54) is 23.0 Å². The number of benzene rings is 2. The van der Waals surface area contributed by atoms with E-state index in [0.717, 1.165) is 5.56 Å². The Morgan fingerprint density at radius 2 is 1.76 bits per heavy atom. The second kappa shape index (κ2) is 11.4. The first-order valence-electron chi connectivity index (χ1n) is 11.6. The van der Waals surface area contributed by atoms with Crippen LogP contribution in [0.15, 0.2) is 55.9 Å². The number of thiazole rings is 1. The lowest BCUT2D eigenvalue weighted by atomic mass is 9.95. The molecule has 0 amide bonds. The maximum Gasteiger partial charge on any atom is 0.338 e. The highest BCUT2D eigenvalue weighted by Crippen LogP contribution is 2.37. The fraction of sp³-hybridized carbons (Fsp3) is 0.296. The number of aromatic nitrogens is 1. The van der Waals surface area contributed by atoms with Crippen molar-refractivity contribution in [2.75, 3.05) is 35.0 Å². The van der Waals surface area contributed by atoms with Gasteiger partial charge < -0.3 is 23.7 Å². The molecule has 1 aliphatic heterocycles. The lowest BCUT2D eigenvalue weighted by molar-refractivity contribution is -0.139. The summed E-state index contributed by atoms with van der Waals surface area (Å²) in [5.41, 5.74) is 1.84. The Morgan fingerprint density at radius 1 is 1.05 bits per heavy atom. The molecule has 0 saturated heterocycles. The van der Waals surface area contributed by atoms with Gasteiger partial charge in [0.25, 0.3) is 5.56 Å². The molecule has 0 bridgehead atoms. The molecule has 0 spiro atoms. The maximum atomic E-state index is 13.9. The smallest absolute Gasteiger partial charge is 0.338 e. The van der Waals surface area contributed by atoms with Crippen LogP contribution in [0.5, 0.6) is 23.0 Å².